The van der Waals surface area contributed by atoms with E-state index in [0.717, 1.165) is 11.0 Å². The number of benzene rings is 2. The third-order valence-electron chi connectivity index (χ3n) is 5.13. The third-order valence-corrected chi connectivity index (χ3v) is 5.13. The smallest absolute Gasteiger partial charge is 0.478 e. The summed E-state index contributed by atoms with van der Waals surface area (Å²) in [6, 6.07) is 17.0. The molecule has 0 amide bonds. The SMILES string of the molecule is CC(=O)C(Oc1ccc(B2OC(C)(C)C(C)(C)O2)cc1)c1ccccc1. The highest BCUT2D eigenvalue weighted by atomic mass is 16.7. The van der Waals surface area contributed by atoms with Crippen LogP contribution in [0.1, 0.15) is 46.3 Å². The molecule has 1 fully saturated rings. The highest BCUT2D eigenvalue weighted by Gasteiger charge is 2.51. The van der Waals surface area contributed by atoms with Crippen LogP contribution in [0.5, 0.6) is 5.75 Å². The molecule has 4 nitrogen and oxygen atoms in total. The Balaban J connectivity index is 1.75. The lowest BCUT2D eigenvalue weighted by Gasteiger charge is -2.32. The second-order valence-electron chi connectivity index (χ2n) is 7.68. The van der Waals surface area contributed by atoms with Crippen LogP contribution in [0.15, 0.2) is 54.6 Å². The van der Waals surface area contributed by atoms with Gasteiger partial charge in [0.15, 0.2) is 11.9 Å². The Hall–Kier alpha value is -2.11. The zero-order valence-corrected chi connectivity index (χ0v) is 16.0. The van der Waals surface area contributed by atoms with Crippen molar-refractivity contribution in [1.82, 2.24) is 0 Å². The summed E-state index contributed by atoms with van der Waals surface area (Å²) in [5.74, 6) is 0.598. The van der Waals surface area contributed by atoms with Crippen molar-refractivity contribution in [2.45, 2.75) is 51.9 Å². The van der Waals surface area contributed by atoms with E-state index in [1.54, 1.807) is 0 Å². The van der Waals surface area contributed by atoms with Gasteiger partial charge in [-0.2, -0.15) is 0 Å². The fraction of sp³-hybridized carbons (Fsp3) is 0.381. The fourth-order valence-electron chi connectivity index (χ4n) is 2.83. The minimum absolute atomic E-state index is 0.0359. The van der Waals surface area contributed by atoms with Gasteiger partial charge in [-0.05, 0) is 57.8 Å². The molecule has 1 saturated heterocycles. The van der Waals surface area contributed by atoms with Gasteiger partial charge >= 0.3 is 7.12 Å². The summed E-state index contributed by atoms with van der Waals surface area (Å²) in [5.41, 5.74) is 1.02. The molecule has 0 N–H and O–H groups in total. The average Bonchev–Trinajstić information content (AvgIpc) is 2.81. The average molecular weight is 352 g/mol. The van der Waals surface area contributed by atoms with E-state index in [-0.39, 0.29) is 17.0 Å². The molecule has 26 heavy (non-hydrogen) atoms. The molecule has 0 saturated carbocycles. The highest BCUT2D eigenvalue weighted by molar-refractivity contribution is 6.62. The van der Waals surface area contributed by atoms with Crippen LogP contribution in [0, 0.1) is 0 Å². The Kier molecular flexibility index (Phi) is 4.95. The molecule has 0 spiro atoms. The minimum atomic E-state index is -0.612. The zero-order valence-electron chi connectivity index (χ0n) is 16.0. The standard InChI is InChI=1S/C21H25BO4/c1-15(23)19(16-9-7-6-8-10-16)24-18-13-11-17(12-14-18)22-25-20(2,3)21(4,5)26-22/h6-14,19H,1-5H3. The molecule has 3 rings (SSSR count). The van der Waals surface area contributed by atoms with Crippen molar-refractivity contribution in [2.24, 2.45) is 0 Å². The number of ether oxygens (including phenoxy) is 1. The number of carbonyl (C=O) groups is 1. The molecule has 136 valence electrons. The first-order valence-electron chi connectivity index (χ1n) is 8.87. The van der Waals surface area contributed by atoms with Crippen molar-refractivity contribution in [2.75, 3.05) is 0 Å². The predicted octanol–water partition coefficient (Wildman–Crippen LogP) is 3.69. The Morgan fingerprint density at radius 3 is 1.96 bits per heavy atom. The first-order valence-corrected chi connectivity index (χ1v) is 8.87. The molecule has 2 aromatic carbocycles. The lowest BCUT2D eigenvalue weighted by Crippen LogP contribution is -2.41. The van der Waals surface area contributed by atoms with E-state index < -0.39 is 13.2 Å². The van der Waals surface area contributed by atoms with Crippen molar-refractivity contribution in [3.63, 3.8) is 0 Å². The van der Waals surface area contributed by atoms with E-state index >= 15 is 0 Å². The minimum Gasteiger partial charge on any atom is -0.478 e. The van der Waals surface area contributed by atoms with Gasteiger partial charge in [-0.3, -0.25) is 4.79 Å². The largest absolute Gasteiger partial charge is 0.494 e. The molecule has 1 atom stereocenters. The predicted molar refractivity (Wildman–Crippen MR) is 103 cm³/mol. The van der Waals surface area contributed by atoms with E-state index in [2.05, 4.69) is 0 Å². The van der Waals surface area contributed by atoms with Gasteiger partial charge < -0.3 is 14.0 Å². The molecule has 1 heterocycles. The van der Waals surface area contributed by atoms with Crippen LogP contribution in [0.2, 0.25) is 0 Å². The van der Waals surface area contributed by atoms with Crippen molar-refractivity contribution in [1.29, 1.82) is 0 Å². The molecule has 0 aliphatic carbocycles. The van der Waals surface area contributed by atoms with Gasteiger partial charge in [0, 0.05) is 0 Å². The summed E-state index contributed by atoms with van der Waals surface area (Å²) in [6.07, 6.45) is -0.612. The molecule has 5 heteroatoms. The van der Waals surface area contributed by atoms with Gasteiger partial charge in [-0.1, -0.05) is 42.5 Å². The Bertz CT molecular complexity index is 752. The highest BCUT2D eigenvalue weighted by Crippen LogP contribution is 2.36. The van der Waals surface area contributed by atoms with Gasteiger partial charge in [0.2, 0.25) is 0 Å². The van der Waals surface area contributed by atoms with Gasteiger partial charge in [0.1, 0.15) is 5.75 Å². The van der Waals surface area contributed by atoms with Crippen molar-refractivity contribution in [3.05, 3.63) is 60.2 Å². The summed E-state index contributed by atoms with van der Waals surface area (Å²) in [6.45, 7) is 9.66. The summed E-state index contributed by atoms with van der Waals surface area (Å²) in [5, 5.41) is 0. The van der Waals surface area contributed by atoms with E-state index in [0.29, 0.717) is 5.75 Å². The zero-order chi connectivity index (χ0) is 18.9. The van der Waals surface area contributed by atoms with E-state index in [1.165, 1.54) is 6.92 Å². The number of rotatable bonds is 5. The second kappa shape index (κ2) is 6.90. The number of Topliss-reactive ketones (excluding diaryl/α,β-unsaturated/α-hetero) is 1. The summed E-state index contributed by atoms with van der Waals surface area (Å²) in [7, 11) is -0.410. The monoisotopic (exact) mass is 352 g/mol. The molecule has 0 radical (unpaired) electrons. The fourth-order valence-corrected chi connectivity index (χ4v) is 2.83. The van der Waals surface area contributed by atoms with Crippen molar-refractivity contribution in [3.8, 4) is 5.75 Å². The maximum Gasteiger partial charge on any atom is 0.494 e. The summed E-state index contributed by atoms with van der Waals surface area (Å²) >= 11 is 0. The number of hydrogen-bond acceptors (Lipinski definition) is 4. The summed E-state index contributed by atoms with van der Waals surface area (Å²) in [4.78, 5) is 12.0. The molecule has 1 unspecified atom stereocenters. The van der Waals surface area contributed by atoms with Gasteiger partial charge in [0.05, 0.1) is 11.2 Å². The first-order chi connectivity index (χ1) is 12.2. The molecular weight excluding hydrogens is 327 g/mol. The van der Waals surface area contributed by atoms with Crippen molar-refractivity contribution < 1.29 is 18.8 Å². The number of carbonyl (C=O) groups excluding carboxylic acids is 1. The number of ketones is 1. The van der Waals surface area contributed by atoms with Crippen LogP contribution in [-0.2, 0) is 14.1 Å². The molecule has 1 aliphatic heterocycles. The summed E-state index contributed by atoms with van der Waals surface area (Å²) < 4.78 is 18.1. The van der Waals surface area contributed by atoms with Gasteiger partial charge in [-0.25, -0.2) is 0 Å². The first kappa shape index (κ1) is 18.7. The number of hydrogen-bond donors (Lipinski definition) is 0. The maximum absolute atomic E-state index is 12.0. The Morgan fingerprint density at radius 2 is 1.46 bits per heavy atom. The molecule has 0 bridgehead atoms. The van der Waals surface area contributed by atoms with Crippen LogP contribution in [0.3, 0.4) is 0 Å². The molecule has 1 aliphatic rings. The van der Waals surface area contributed by atoms with Gasteiger partial charge in [-0.15, -0.1) is 0 Å². The molecular formula is C21H25BO4. The normalized spacial score (nSPS) is 19.2. The lowest BCUT2D eigenvalue weighted by molar-refractivity contribution is -0.123. The van der Waals surface area contributed by atoms with E-state index in [1.807, 2.05) is 82.3 Å². The third kappa shape index (κ3) is 3.69. The van der Waals surface area contributed by atoms with Crippen LogP contribution >= 0.6 is 0 Å². The van der Waals surface area contributed by atoms with Gasteiger partial charge in [0.25, 0.3) is 0 Å². The topological polar surface area (TPSA) is 44.8 Å². The molecule has 2 aromatic rings. The maximum atomic E-state index is 12.0. The molecule has 0 aromatic heterocycles. The Labute approximate surface area is 155 Å². The quantitative estimate of drug-likeness (QED) is 0.770. The van der Waals surface area contributed by atoms with Crippen LogP contribution in [0.25, 0.3) is 0 Å². The Morgan fingerprint density at radius 1 is 0.923 bits per heavy atom. The van der Waals surface area contributed by atoms with E-state index in [4.69, 9.17) is 14.0 Å². The lowest BCUT2D eigenvalue weighted by atomic mass is 9.79. The van der Waals surface area contributed by atoms with Crippen molar-refractivity contribution >= 4 is 18.4 Å². The van der Waals surface area contributed by atoms with E-state index in [9.17, 15) is 4.79 Å². The van der Waals surface area contributed by atoms with Crippen LogP contribution < -0.4 is 10.2 Å². The second-order valence-corrected chi connectivity index (χ2v) is 7.68. The van der Waals surface area contributed by atoms with Crippen LogP contribution in [0.4, 0.5) is 0 Å². The van der Waals surface area contributed by atoms with Crippen LogP contribution in [-0.4, -0.2) is 24.1 Å².